The zero-order valence-corrected chi connectivity index (χ0v) is 7.27. The van der Waals surface area contributed by atoms with Gasteiger partial charge in [-0.15, -0.1) is 0 Å². The van der Waals surface area contributed by atoms with Gasteiger partial charge < -0.3 is 20.0 Å². The van der Waals surface area contributed by atoms with E-state index in [0.717, 1.165) is 5.76 Å². The summed E-state index contributed by atoms with van der Waals surface area (Å²) in [4.78, 5) is 0. The van der Waals surface area contributed by atoms with Gasteiger partial charge in [-0.25, -0.2) is 0 Å². The summed E-state index contributed by atoms with van der Waals surface area (Å²) in [6.07, 6.45) is 1.61. The van der Waals surface area contributed by atoms with Crippen molar-refractivity contribution in [2.45, 2.75) is 11.5 Å². The molecule has 1 unspecified atom stereocenters. The highest BCUT2D eigenvalue weighted by Crippen LogP contribution is 2.35. The van der Waals surface area contributed by atoms with E-state index in [1.54, 1.807) is 6.26 Å². The van der Waals surface area contributed by atoms with Crippen LogP contribution >= 0.6 is 0 Å². The van der Waals surface area contributed by atoms with Gasteiger partial charge in [-0.1, -0.05) is 0 Å². The maximum Gasteiger partial charge on any atom is 0.116 e. The van der Waals surface area contributed by atoms with Crippen LogP contribution in [0.25, 0.3) is 0 Å². The van der Waals surface area contributed by atoms with Crippen LogP contribution in [-0.2, 0) is 10.2 Å². The van der Waals surface area contributed by atoms with E-state index in [0.29, 0.717) is 13.2 Å². The van der Waals surface area contributed by atoms with Gasteiger partial charge in [0.1, 0.15) is 5.76 Å². The number of aliphatic hydroxyl groups is 1. The number of furan rings is 1. The second kappa shape index (κ2) is 3.14. The molecule has 3 N–H and O–H groups in total. The topological polar surface area (TPSA) is 68.6 Å². The molecule has 0 radical (unpaired) electrons. The lowest BCUT2D eigenvalue weighted by molar-refractivity contribution is -0.0894. The molecule has 4 nitrogen and oxygen atoms in total. The van der Waals surface area contributed by atoms with Crippen molar-refractivity contribution >= 4 is 0 Å². The summed E-state index contributed by atoms with van der Waals surface area (Å²) in [5, 5.41) is 9.01. The van der Waals surface area contributed by atoms with Crippen molar-refractivity contribution in [1.82, 2.24) is 0 Å². The number of nitrogens with two attached hydrogens (primary N) is 1. The third-order valence-corrected chi connectivity index (χ3v) is 2.64. The predicted octanol–water partition coefficient (Wildman–Crippen LogP) is -0.133. The average Bonchev–Trinajstić information content (AvgIpc) is 2.55. The smallest absolute Gasteiger partial charge is 0.116 e. The quantitative estimate of drug-likeness (QED) is 0.684. The summed E-state index contributed by atoms with van der Waals surface area (Å²) in [5.74, 6) is 0.806. The van der Waals surface area contributed by atoms with Crippen LogP contribution in [0.3, 0.4) is 0 Å². The molecule has 0 aromatic carbocycles. The Morgan fingerprint density at radius 3 is 2.77 bits per heavy atom. The Morgan fingerprint density at radius 1 is 1.62 bits per heavy atom. The van der Waals surface area contributed by atoms with Crippen LogP contribution in [0.5, 0.6) is 0 Å². The van der Waals surface area contributed by atoms with Gasteiger partial charge in [-0.3, -0.25) is 0 Å². The van der Waals surface area contributed by atoms with Crippen molar-refractivity contribution in [2.24, 2.45) is 5.73 Å². The van der Waals surface area contributed by atoms with E-state index < -0.39 is 0 Å². The molecule has 1 aromatic rings. The standard InChI is InChI=1S/C9H13NO3/c10-7(4-11)9(5-12-6-9)8-2-1-3-13-8/h1-3,7,11H,4-6,10H2. The molecular weight excluding hydrogens is 170 g/mol. The van der Waals surface area contributed by atoms with Crippen LogP contribution in [0, 0.1) is 0 Å². The van der Waals surface area contributed by atoms with Gasteiger partial charge in [0, 0.05) is 6.04 Å². The highest BCUT2D eigenvalue weighted by Gasteiger charge is 2.47. The molecule has 2 heterocycles. The second-order valence-corrected chi connectivity index (χ2v) is 3.42. The molecule has 1 aliphatic rings. The fourth-order valence-corrected chi connectivity index (χ4v) is 1.60. The molecule has 0 aliphatic carbocycles. The first kappa shape index (κ1) is 8.74. The summed E-state index contributed by atoms with van der Waals surface area (Å²) in [6.45, 7) is 1.01. The molecule has 1 fully saturated rings. The van der Waals surface area contributed by atoms with Gasteiger partial charge in [-0.2, -0.15) is 0 Å². The minimum Gasteiger partial charge on any atom is -0.469 e. The number of rotatable bonds is 3. The maximum atomic E-state index is 9.01. The molecule has 1 atom stereocenters. The number of hydrogen-bond acceptors (Lipinski definition) is 4. The number of aliphatic hydroxyl groups excluding tert-OH is 1. The molecule has 4 heteroatoms. The minimum atomic E-state index is -0.313. The van der Waals surface area contributed by atoms with Crippen molar-refractivity contribution in [1.29, 1.82) is 0 Å². The first-order valence-corrected chi connectivity index (χ1v) is 4.28. The second-order valence-electron chi connectivity index (χ2n) is 3.42. The van der Waals surface area contributed by atoms with Crippen LogP contribution in [-0.4, -0.2) is 31.0 Å². The highest BCUT2D eigenvalue weighted by atomic mass is 16.5. The molecule has 1 saturated heterocycles. The summed E-state index contributed by atoms with van der Waals surface area (Å²) >= 11 is 0. The van der Waals surface area contributed by atoms with Crippen molar-refractivity contribution in [3.63, 3.8) is 0 Å². The Bertz CT molecular complexity index is 266. The molecule has 1 aliphatic heterocycles. The molecule has 0 saturated carbocycles. The van der Waals surface area contributed by atoms with E-state index in [1.165, 1.54) is 0 Å². The molecule has 72 valence electrons. The Labute approximate surface area is 76.3 Å². The zero-order chi connectivity index (χ0) is 9.31. The summed E-state index contributed by atoms with van der Waals surface area (Å²) in [5.41, 5.74) is 5.51. The fraction of sp³-hybridized carbons (Fsp3) is 0.556. The fourth-order valence-electron chi connectivity index (χ4n) is 1.60. The number of ether oxygens (including phenoxy) is 1. The summed E-state index contributed by atoms with van der Waals surface area (Å²) in [7, 11) is 0. The highest BCUT2D eigenvalue weighted by molar-refractivity contribution is 5.21. The molecule has 13 heavy (non-hydrogen) atoms. The molecule has 0 bridgehead atoms. The summed E-state index contributed by atoms with van der Waals surface area (Å²) in [6, 6.07) is 3.38. The van der Waals surface area contributed by atoms with E-state index in [1.807, 2.05) is 12.1 Å². The Morgan fingerprint density at radius 2 is 2.38 bits per heavy atom. The van der Waals surface area contributed by atoms with Crippen LogP contribution in [0.2, 0.25) is 0 Å². The van der Waals surface area contributed by atoms with Gasteiger partial charge in [-0.05, 0) is 12.1 Å². The van der Waals surface area contributed by atoms with E-state index in [4.69, 9.17) is 20.0 Å². The largest absolute Gasteiger partial charge is 0.469 e. The number of hydrogen-bond donors (Lipinski definition) is 2. The van der Waals surface area contributed by atoms with Crippen molar-refractivity contribution in [2.75, 3.05) is 19.8 Å². The third kappa shape index (κ3) is 1.18. The molecule has 1 aromatic heterocycles. The van der Waals surface area contributed by atoms with Crippen molar-refractivity contribution in [3.05, 3.63) is 24.2 Å². The SMILES string of the molecule is NC(CO)C1(c2ccco2)COC1. The first-order valence-electron chi connectivity index (χ1n) is 4.28. The monoisotopic (exact) mass is 183 g/mol. The van der Waals surface area contributed by atoms with Gasteiger partial charge in [0.15, 0.2) is 0 Å². The lowest BCUT2D eigenvalue weighted by Gasteiger charge is -2.43. The van der Waals surface area contributed by atoms with E-state index in [-0.39, 0.29) is 18.1 Å². The van der Waals surface area contributed by atoms with E-state index in [9.17, 15) is 0 Å². The zero-order valence-electron chi connectivity index (χ0n) is 7.27. The average molecular weight is 183 g/mol. The van der Waals surface area contributed by atoms with E-state index in [2.05, 4.69) is 0 Å². The van der Waals surface area contributed by atoms with Crippen molar-refractivity contribution in [3.8, 4) is 0 Å². The molecular formula is C9H13NO3. The third-order valence-electron chi connectivity index (χ3n) is 2.64. The van der Waals surface area contributed by atoms with Crippen LogP contribution in [0.1, 0.15) is 5.76 Å². The van der Waals surface area contributed by atoms with Crippen molar-refractivity contribution < 1.29 is 14.3 Å². The molecule has 0 spiro atoms. The Balaban J connectivity index is 2.25. The van der Waals surface area contributed by atoms with Gasteiger partial charge in [0.05, 0.1) is 31.5 Å². The minimum absolute atomic E-state index is 0.0515. The van der Waals surface area contributed by atoms with Crippen LogP contribution in [0.4, 0.5) is 0 Å². The lowest BCUT2D eigenvalue weighted by atomic mass is 9.77. The molecule has 0 amide bonds. The summed E-state index contributed by atoms with van der Waals surface area (Å²) < 4.78 is 10.4. The van der Waals surface area contributed by atoms with Gasteiger partial charge in [0.25, 0.3) is 0 Å². The van der Waals surface area contributed by atoms with Gasteiger partial charge in [0.2, 0.25) is 0 Å². The van der Waals surface area contributed by atoms with E-state index >= 15 is 0 Å². The Hall–Kier alpha value is -0.840. The van der Waals surface area contributed by atoms with Gasteiger partial charge >= 0.3 is 0 Å². The lowest BCUT2D eigenvalue weighted by Crippen LogP contribution is -2.60. The molecule has 2 rings (SSSR count). The van der Waals surface area contributed by atoms with Crippen LogP contribution in [0.15, 0.2) is 22.8 Å². The maximum absolute atomic E-state index is 9.01. The normalized spacial score (nSPS) is 22.3. The van der Waals surface area contributed by atoms with Crippen LogP contribution < -0.4 is 5.73 Å². The Kier molecular flexibility index (Phi) is 2.11. The predicted molar refractivity (Wildman–Crippen MR) is 46.3 cm³/mol. The first-order chi connectivity index (χ1) is 6.29.